The monoisotopic (exact) mass is 503 g/mol. The molecule has 2 saturated carbocycles. The zero-order valence-electron chi connectivity index (χ0n) is 21.6. The molecular weight excluding hydrogens is 468 g/mol. The van der Waals surface area contributed by atoms with Gasteiger partial charge in [0.05, 0.1) is 10.3 Å². The Labute approximate surface area is 223 Å². The zero-order valence-corrected chi connectivity index (χ0v) is 22.4. The third-order valence-electron chi connectivity index (χ3n) is 9.51. The SMILES string of the molecule is c1ccc2c(c1)C[n+]1ccn(-c3c(C4CCCCC4)cc(C4CCCCC4)c4c3sc3ccccc34)c1-2. The van der Waals surface area contributed by atoms with E-state index in [-0.39, 0.29) is 0 Å². The van der Waals surface area contributed by atoms with Crippen molar-refractivity contribution in [2.24, 2.45) is 0 Å². The molecule has 186 valence electrons. The number of hydrogen-bond acceptors (Lipinski definition) is 1. The van der Waals surface area contributed by atoms with Gasteiger partial charge in [0.15, 0.2) is 5.69 Å². The van der Waals surface area contributed by atoms with E-state index in [0.29, 0.717) is 11.8 Å². The average molecular weight is 504 g/mol. The summed E-state index contributed by atoms with van der Waals surface area (Å²) in [4.78, 5) is 0. The molecule has 3 aromatic carbocycles. The first kappa shape index (κ1) is 22.1. The quantitative estimate of drug-likeness (QED) is 0.213. The second kappa shape index (κ2) is 8.84. The minimum atomic E-state index is 0.667. The lowest BCUT2D eigenvalue weighted by Crippen LogP contribution is -2.30. The smallest absolute Gasteiger partial charge is 0.225 e. The van der Waals surface area contributed by atoms with Crippen molar-refractivity contribution >= 4 is 31.5 Å². The zero-order chi connectivity index (χ0) is 24.3. The molecule has 0 spiro atoms. The summed E-state index contributed by atoms with van der Waals surface area (Å²) in [7, 11) is 0. The topological polar surface area (TPSA) is 8.81 Å². The van der Waals surface area contributed by atoms with Crippen LogP contribution in [0.25, 0.3) is 37.2 Å². The third kappa shape index (κ3) is 3.46. The summed E-state index contributed by atoms with van der Waals surface area (Å²) in [5.74, 6) is 2.73. The van der Waals surface area contributed by atoms with Crippen LogP contribution in [0.4, 0.5) is 0 Å². The van der Waals surface area contributed by atoms with Gasteiger partial charge in [-0.1, -0.05) is 81.0 Å². The number of rotatable bonds is 3. The normalized spacial score (nSPS) is 18.5. The van der Waals surface area contributed by atoms with Crippen LogP contribution >= 0.6 is 11.3 Å². The van der Waals surface area contributed by atoms with Crippen molar-refractivity contribution in [1.82, 2.24) is 4.57 Å². The molecule has 2 aliphatic carbocycles. The summed E-state index contributed by atoms with van der Waals surface area (Å²) in [6.45, 7) is 0.979. The van der Waals surface area contributed by atoms with Gasteiger partial charge in [-0.15, -0.1) is 11.3 Å². The summed E-state index contributed by atoms with van der Waals surface area (Å²) in [5.41, 5.74) is 7.61. The maximum Gasteiger partial charge on any atom is 0.294 e. The molecule has 0 radical (unpaired) electrons. The molecule has 2 fully saturated rings. The van der Waals surface area contributed by atoms with Crippen LogP contribution < -0.4 is 4.57 Å². The number of thiophene rings is 1. The first-order valence-corrected chi connectivity index (χ1v) is 15.4. The molecule has 0 atom stereocenters. The van der Waals surface area contributed by atoms with Crippen molar-refractivity contribution in [3.05, 3.63) is 83.7 Å². The first-order valence-electron chi connectivity index (χ1n) is 14.5. The Morgan fingerprint density at radius 3 is 2.27 bits per heavy atom. The third-order valence-corrected chi connectivity index (χ3v) is 10.7. The van der Waals surface area contributed by atoms with Crippen LogP contribution in [0.1, 0.15) is 92.7 Å². The Morgan fingerprint density at radius 1 is 0.757 bits per heavy atom. The van der Waals surface area contributed by atoms with Gasteiger partial charge in [0.1, 0.15) is 18.9 Å². The summed E-state index contributed by atoms with van der Waals surface area (Å²) in [5, 5.41) is 3.03. The Kier molecular flexibility index (Phi) is 5.28. The van der Waals surface area contributed by atoms with E-state index in [1.807, 2.05) is 11.3 Å². The van der Waals surface area contributed by atoms with Gasteiger partial charge < -0.3 is 0 Å². The van der Waals surface area contributed by atoms with Crippen molar-refractivity contribution in [3.8, 4) is 17.1 Å². The number of aromatic nitrogens is 2. The van der Waals surface area contributed by atoms with Gasteiger partial charge >= 0.3 is 0 Å². The van der Waals surface area contributed by atoms with Crippen LogP contribution in [0.2, 0.25) is 0 Å². The highest BCUT2D eigenvalue weighted by Crippen LogP contribution is 2.49. The van der Waals surface area contributed by atoms with E-state index in [1.54, 1.807) is 16.5 Å². The van der Waals surface area contributed by atoms with Gasteiger partial charge in [0.25, 0.3) is 5.82 Å². The van der Waals surface area contributed by atoms with Gasteiger partial charge in [-0.05, 0) is 55.2 Å². The molecule has 3 heterocycles. The molecule has 8 rings (SSSR count). The minimum Gasteiger partial charge on any atom is -0.225 e. The molecule has 0 unspecified atom stereocenters. The first-order chi connectivity index (χ1) is 18.4. The van der Waals surface area contributed by atoms with E-state index in [4.69, 9.17) is 0 Å². The second-order valence-electron chi connectivity index (χ2n) is 11.7. The molecular formula is C34H35N2S+. The van der Waals surface area contributed by atoms with E-state index in [1.165, 1.54) is 102 Å². The maximum absolute atomic E-state index is 2.72. The molecule has 0 bridgehead atoms. The van der Waals surface area contributed by atoms with Crippen LogP contribution in [-0.4, -0.2) is 4.57 Å². The second-order valence-corrected chi connectivity index (χ2v) is 12.7. The van der Waals surface area contributed by atoms with Crippen molar-refractivity contribution in [2.75, 3.05) is 0 Å². The van der Waals surface area contributed by atoms with Crippen LogP contribution in [0.3, 0.4) is 0 Å². The van der Waals surface area contributed by atoms with Crippen LogP contribution in [-0.2, 0) is 6.54 Å². The fourth-order valence-corrected chi connectivity index (χ4v) is 9.02. The number of hydrogen-bond donors (Lipinski definition) is 0. The lowest BCUT2D eigenvalue weighted by Gasteiger charge is -2.28. The molecule has 0 amide bonds. The summed E-state index contributed by atoms with van der Waals surface area (Å²) in [6.07, 6.45) is 18.4. The molecule has 37 heavy (non-hydrogen) atoms. The molecule has 2 nitrogen and oxygen atoms in total. The van der Waals surface area contributed by atoms with Gasteiger partial charge in [-0.2, -0.15) is 4.57 Å². The summed E-state index contributed by atoms with van der Waals surface area (Å²) < 4.78 is 8.00. The predicted octanol–water partition coefficient (Wildman–Crippen LogP) is 9.26. The van der Waals surface area contributed by atoms with Crippen molar-refractivity contribution in [3.63, 3.8) is 0 Å². The van der Waals surface area contributed by atoms with Crippen molar-refractivity contribution < 1.29 is 4.57 Å². The van der Waals surface area contributed by atoms with E-state index >= 15 is 0 Å². The van der Waals surface area contributed by atoms with Crippen molar-refractivity contribution in [1.29, 1.82) is 0 Å². The highest BCUT2D eigenvalue weighted by molar-refractivity contribution is 7.26. The van der Waals surface area contributed by atoms with Gasteiger partial charge in [-0.3, -0.25) is 0 Å². The van der Waals surface area contributed by atoms with Crippen molar-refractivity contribution in [2.45, 2.75) is 82.6 Å². The molecule has 0 saturated heterocycles. The standard InChI is InChI=1S/C34H35N2S/c1-3-11-23(12-4-1)28-21-29(24-13-5-2-6-14-24)32(33-31(28)27-17-9-10-18-30(27)37-33)36-20-19-35-22-25-15-7-8-16-26(25)34(35)36/h7-10,15-21,23-24H,1-6,11-14,22H2/q+1. The molecule has 3 heteroatoms. The van der Waals surface area contributed by atoms with E-state index in [0.717, 1.165) is 6.54 Å². The predicted molar refractivity (Wildman–Crippen MR) is 155 cm³/mol. The Bertz CT molecular complexity index is 1620. The van der Waals surface area contributed by atoms with Gasteiger partial charge in [0.2, 0.25) is 0 Å². The fraction of sp³-hybridized carbons (Fsp3) is 0.382. The molecule has 3 aliphatic rings. The lowest BCUT2D eigenvalue weighted by atomic mass is 9.78. The summed E-state index contributed by atoms with van der Waals surface area (Å²) in [6, 6.07) is 20.9. The number of nitrogens with zero attached hydrogens (tertiary/aromatic N) is 2. The van der Waals surface area contributed by atoms with E-state index in [2.05, 4.69) is 76.1 Å². The van der Waals surface area contributed by atoms with Crippen LogP contribution in [0.5, 0.6) is 0 Å². The molecule has 5 aromatic rings. The highest BCUT2D eigenvalue weighted by Gasteiger charge is 2.35. The largest absolute Gasteiger partial charge is 0.294 e. The molecule has 0 N–H and O–H groups in total. The van der Waals surface area contributed by atoms with Crippen LogP contribution in [0, 0.1) is 0 Å². The fourth-order valence-electron chi connectivity index (χ4n) is 7.73. The molecule has 1 aliphatic heterocycles. The number of fused-ring (bicyclic) bond motifs is 6. The lowest BCUT2D eigenvalue weighted by molar-refractivity contribution is -0.671. The summed E-state index contributed by atoms with van der Waals surface area (Å²) >= 11 is 2.04. The highest BCUT2D eigenvalue weighted by atomic mass is 32.1. The number of benzene rings is 3. The maximum atomic E-state index is 2.72. The Hall–Kier alpha value is -2.91. The van der Waals surface area contributed by atoms with E-state index < -0.39 is 0 Å². The number of imidazole rings is 1. The Balaban J connectivity index is 1.46. The average Bonchev–Trinajstić information content (AvgIpc) is 3.65. The molecule has 2 aromatic heterocycles. The minimum absolute atomic E-state index is 0.667. The Morgan fingerprint density at radius 2 is 1.46 bits per heavy atom. The van der Waals surface area contributed by atoms with Crippen LogP contribution in [0.15, 0.2) is 67.0 Å². The van der Waals surface area contributed by atoms with Gasteiger partial charge in [0, 0.05) is 26.6 Å². The van der Waals surface area contributed by atoms with E-state index in [9.17, 15) is 0 Å². The van der Waals surface area contributed by atoms with Gasteiger partial charge in [-0.25, -0.2) is 4.57 Å².